The molecule has 0 radical (unpaired) electrons. The van der Waals surface area contributed by atoms with E-state index >= 15 is 0 Å². The van der Waals surface area contributed by atoms with Crippen molar-refractivity contribution >= 4 is 27.5 Å². The van der Waals surface area contributed by atoms with Gasteiger partial charge in [-0.15, -0.1) is 0 Å². The molecule has 1 aliphatic carbocycles. The summed E-state index contributed by atoms with van der Waals surface area (Å²) in [5.74, 6) is -0.753. The van der Waals surface area contributed by atoms with Gasteiger partial charge in [0.05, 0.1) is 17.7 Å². The molecule has 41 heavy (non-hydrogen) atoms. The fourth-order valence-corrected chi connectivity index (χ4v) is 6.49. The number of halogens is 1. The topological polar surface area (TPSA) is 96.0 Å². The lowest BCUT2D eigenvalue weighted by molar-refractivity contribution is -0.140. The number of ether oxygens (including phenoxy) is 1. The van der Waals surface area contributed by atoms with Crippen LogP contribution >= 0.6 is 0 Å². The van der Waals surface area contributed by atoms with Crippen LogP contribution in [0, 0.1) is 5.82 Å². The van der Waals surface area contributed by atoms with Gasteiger partial charge in [0.25, 0.3) is 10.0 Å². The third kappa shape index (κ3) is 7.43. The van der Waals surface area contributed by atoms with E-state index in [1.54, 1.807) is 54.6 Å². The minimum absolute atomic E-state index is 0.00828. The molecule has 0 aromatic heterocycles. The van der Waals surface area contributed by atoms with Gasteiger partial charge in [0, 0.05) is 12.6 Å². The summed E-state index contributed by atoms with van der Waals surface area (Å²) in [6.45, 7) is 1.29. The van der Waals surface area contributed by atoms with Crippen LogP contribution < -0.4 is 14.4 Å². The highest BCUT2D eigenvalue weighted by Crippen LogP contribution is 2.26. The predicted molar refractivity (Wildman–Crippen MR) is 155 cm³/mol. The largest absolute Gasteiger partial charge is 0.497 e. The number of carbonyl (C=O) groups is 2. The summed E-state index contributed by atoms with van der Waals surface area (Å²) in [5, 5.41) is 3.08. The van der Waals surface area contributed by atoms with Crippen LogP contribution in [-0.2, 0) is 26.2 Å². The molecule has 0 heterocycles. The summed E-state index contributed by atoms with van der Waals surface area (Å²) in [5.41, 5.74) is 0.929. The number of anilines is 1. The van der Waals surface area contributed by atoms with E-state index in [0.717, 1.165) is 30.0 Å². The first kappa shape index (κ1) is 30.0. The van der Waals surface area contributed by atoms with Gasteiger partial charge in [0.1, 0.15) is 24.2 Å². The number of nitrogens with one attached hydrogen (secondary N) is 1. The Bertz CT molecular complexity index is 1410. The molecule has 8 nitrogen and oxygen atoms in total. The van der Waals surface area contributed by atoms with E-state index in [1.165, 1.54) is 36.3 Å². The molecule has 1 N–H and O–H groups in total. The van der Waals surface area contributed by atoms with Crippen molar-refractivity contribution in [1.29, 1.82) is 0 Å². The highest BCUT2D eigenvalue weighted by molar-refractivity contribution is 7.92. The van der Waals surface area contributed by atoms with Crippen molar-refractivity contribution in [1.82, 2.24) is 10.2 Å². The van der Waals surface area contributed by atoms with Crippen molar-refractivity contribution in [2.45, 2.75) is 62.6 Å². The Morgan fingerprint density at radius 3 is 2.20 bits per heavy atom. The van der Waals surface area contributed by atoms with Crippen LogP contribution in [0.25, 0.3) is 0 Å². The normalized spacial score (nSPS) is 14.3. The second-order valence-corrected chi connectivity index (χ2v) is 11.9. The fraction of sp³-hybridized carbons (Fsp3) is 0.355. The van der Waals surface area contributed by atoms with Crippen LogP contribution in [0.1, 0.15) is 44.6 Å². The van der Waals surface area contributed by atoms with Gasteiger partial charge in [-0.25, -0.2) is 12.8 Å². The van der Waals surface area contributed by atoms with Gasteiger partial charge in [0.2, 0.25) is 11.8 Å². The lowest BCUT2D eigenvalue weighted by Gasteiger charge is -2.33. The Kier molecular flexibility index (Phi) is 9.99. The van der Waals surface area contributed by atoms with Gasteiger partial charge in [-0.2, -0.15) is 0 Å². The number of amides is 2. The summed E-state index contributed by atoms with van der Waals surface area (Å²) in [6, 6.07) is 19.2. The van der Waals surface area contributed by atoms with Crippen LogP contribution in [-0.4, -0.2) is 50.9 Å². The van der Waals surface area contributed by atoms with Gasteiger partial charge in [-0.1, -0.05) is 50.1 Å². The van der Waals surface area contributed by atoms with Crippen molar-refractivity contribution in [2.75, 3.05) is 18.0 Å². The molecular formula is C31H36FN3O5S. The van der Waals surface area contributed by atoms with E-state index < -0.39 is 34.3 Å². The molecule has 0 spiro atoms. The summed E-state index contributed by atoms with van der Waals surface area (Å²) in [4.78, 5) is 28.9. The average molecular weight is 582 g/mol. The molecule has 1 fully saturated rings. The monoisotopic (exact) mass is 581 g/mol. The fourth-order valence-electron chi connectivity index (χ4n) is 5.07. The second kappa shape index (κ2) is 13.6. The Hall–Kier alpha value is -3.92. The molecule has 3 aromatic carbocycles. The molecule has 2 amide bonds. The number of para-hydroxylation sites is 1. The Morgan fingerprint density at radius 1 is 0.976 bits per heavy atom. The molecule has 218 valence electrons. The van der Waals surface area contributed by atoms with E-state index in [0.29, 0.717) is 23.4 Å². The molecule has 0 bridgehead atoms. The van der Waals surface area contributed by atoms with Gasteiger partial charge < -0.3 is 15.0 Å². The molecule has 1 unspecified atom stereocenters. The second-order valence-electron chi connectivity index (χ2n) is 10.1. The molecule has 4 rings (SSSR count). The number of carbonyl (C=O) groups excluding carboxylic acids is 2. The number of nitrogens with zero attached hydrogens (tertiary/aromatic N) is 2. The number of methoxy groups -OCH3 is 1. The number of hydrogen-bond acceptors (Lipinski definition) is 5. The maximum absolute atomic E-state index is 14.1. The Balaban J connectivity index is 1.68. The first-order valence-corrected chi connectivity index (χ1v) is 15.2. The first-order chi connectivity index (χ1) is 19.7. The van der Waals surface area contributed by atoms with Crippen LogP contribution in [0.5, 0.6) is 5.75 Å². The standard InChI is InChI=1S/C31H36FN3O5S/c1-3-29(31(37)33-25-9-7-8-10-25)34(21-23-13-15-24(32)16-14-23)30(36)22-35(26-11-5-4-6-12-26)41(38,39)28-19-17-27(40-2)18-20-28/h4-6,11-20,25,29H,3,7-10,21-22H2,1-2H3,(H,33,37). The molecule has 10 heteroatoms. The Labute approximate surface area is 241 Å². The first-order valence-electron chi connectivity index (χ1n) is 13.8. The zero-order valence-electron chi connectivity index (χ0n) is 23.3. The zero-order chi connectivity index (χ0) is 29.4. The number of rotatable bonds is 12. The molecule has 1 aliphatic rings. The molecule has 1 atom stereocenters. The van der Waals surface area contributed by atoms with Gasteiger partial charge >= 0.3 is 0 Å². The summed E-state index contributed by atoms with van der Waals surface area (Å²) in [6.07, 6.45) is 4.17. The van der Waals surface area contributed by atoms with Crippen LogP contribution in [0.2, 0.25) is 0 Å². The molecule has 3 aromatic rings. The van der Waals surface area contributed by atoms with Crippen LogP contribution in [0.4, 0.5) is 10.1 Å². The molecule has 0 saturated heterocycles. The minimum Gasteiger partial charge on any atom is -0.497 e. The SMILES string of the molecule is CCC(C(=O)NC1CCCC1)N(Cc1ccc(F)cc1)C(=O)CN(c1ccccc1)S(=O)(=O)c1ccc(OC)cc1. The van der Waals surface area contributed by atoms with Crippen LogP contribution in [0.15, 0.2) is 83.8 Å². The number of benzene rings is 3. The van der Waals surface area contributed by atoms with E-state index in [4.69, 9.17) is 4.74 Å². The summed E-state index contributed by atoms with van der Waals surface area (Å²) in [7, 11) is -2.69. The Morgan fingerprint density at radius 2 is 1.61 bits per heavy atom. The minimum atomic E-state index is -4.18. The third-order valence-electron chi connectivity index (χ3n) is 7.32. The van der Waals surface area contributed by atoms with Crippen molar-refractivity contribution in [3.8, 4) is 5.75 Å². The summed E-state index contributed by atoms with van der Waals surface area (Å²) >= 11 is 0. The number of sulfonamides is 1. The summed E-state index contributed by atoms with van der Waals surface area (Å²) < 4.78 is 47.6. The van der Waals surface area contributed by atoms with Crippen LogP contribution in [0.3, 0.4) is 0 Å². The predicted octanol–water partition coefficient (Wildman–Crippen LogP) is 4.90. The lowest BCUT2D eigenvalue weighted by Crippen LogP contribution is -2.53. The van der Waals surface area contributed by atoms with E-state index in [9.17, 15) is 22.4 Å². The van der Waals surface area contributed by atoms with Gasteiger partial charge in [-0.05, 0) is 73.4 Å². The van der Waals surface area contributed by atoms with Gasteiger partial charge in [-0.3, -0.25) is 13.9 Å². The maximum Gasteiger partial charge on any atom is 0.264 e. The zero-order valence-corrected chi connectivity index (χ0v) is 24.1. The maximum atomic E-state index is 14.1. The molecule has 0 aliphatic heterocycles. The number of hydrogen-bond donors (Lipinski definition) is 1. The lowest BCUT2D eigenvalue weighted by atomic mass is 10.1. The molecule has 1 saturated carbocycles. The average Bonchev–Trinajstić information content (AvgIpc) is 3.50. The molecular weight excluding hydrogens is 545 g/mol. The smallest absolute Gasteiger partial charge is 0.264 e. The third-order valence-corrected chi connectivity index (χ3v) is 9.11. The van der Waals surface area contributed by atoms with Crippen molar-refractivity contribution in [3.05, 3.63) is 90.2 Å². The van der Waals surface area contributed by atoms with Crippen molar-refractivity contribution in [3.63, 3.8) is 0 Å². The van der Waals surface area contributed by atoms with E-state index in [1.807, 2.05) is 6.92 Å². The highest BCUT2D eigenvalue weighted by Gasteiger charge is 2.34. The van der Waals surface area contributed by atoms with Crippen molar-refractivity contribution < 1.29 is 27.1 Å². The van der Waals surface area contributed by atoms with E-state index in [-0.39, 0.29) is 23.4 Å². The van der Waals surface area contributed by atoms with Gasteiger partial charge in [0.15, 0.2) is 0 Å². The van der Waals surface area contributed by atoms with Crippen molar-refractivity contribution in [2.24, 2.45) is 0 Å². The quantitative estimate of drug-likeness (QED) is 0.329. The van der Waals surface area contributed by atoms with E-state index in [2.05, 4.69) is 5.32 Å². The highest BCUT2D eigenvalue weighted by atomic mass is 32.2.